The third-order valence-electron chi connectivity index (χ3n) is 2.76. The van der Waals surface area contributed by atoms with E-state index in [1.165, 1.54) is 0 Å². The summed E-state index contributed by atoms with van der Waals surface area (Å²) in [5, 5.41) is 28.4. The molecule has 18 heavy (non-hydrogen) atoms. The normalized spacial score (nSPS) is 13.6. The molecule has 0 amide bonds. The minimum atomic E-state index is -1.64. The van der Waals surface area contributed by atoms with Crippen LogP contribution in [0.1, 0.15) is 28.4 Å². The summed E-state index contributed by atoms with van der Waals surface area (Å²) >= 11 is 0. The summed E-state index contributed by atoms with van der Waals surface area (Å²) in [5.74, 6) is -0.898. The minimum Gasteiger partial charge on any atom is -0.467 e. The predicted molar refractivity (Wildman–Crippen MR) is 63.6 cm³/mol. The zero-order valence-corrected chi connectivity index (χ0v) is 10.5. The van der Waals surface area contributed by atoms with Gasteiger partial charge >= 0.3 is 5.97 Å². The second kappa shape index (κ2) is 5.63. The quantitative estimate of drug-likeness (QED) is 0.771. The lowest BCUT2D eigenvalue weighted by Gasteiger charge is -2.20. The number of ether oxygens (including phenoxy) is 1. The van der Waals surface area contributed by atoms with Crippen molar-refractivity contribution in [2.75, 3.05) is 7.11 Å². The molecule has 0 aromatic heterocycles. The van der Waals surface area contributed by atoms with Crippen LogP contribution in [0.15, 0.2) is 12.1 Å². The van der Waals surface area contributed by atoms with Gasteiger partial charge < -0.3 is 14.9 Å². The SMILES string of the molecule is COC(=O)C(O)C(O)c1c(C)cc(C#N)cc1C. The Morgan fingerprint density at radius 2 is 1.83 bits per heavy atom. The summed E-state index contributed by atoms with van der Waals surface area (Å²) in [5.41, 5.74) is 2.18. The Balaban J connectivity index is 3.18. The lowest BCUT2D eigenvalue weighted by Crippen LogP contribution is -2.30. The van der Waals surface area contributed by atoms with E-state index in [2.05, 4.69) is 4.74 Å². The van der Waals surface area contributed by atoms with E-state index in [4.69, 9.17) is 5.26 Å². The van der Waals surface area contributed by atoms with Crippen molar-refractivity contribution in [1.82, 2.24) is 0 Å². The topological polar surface area (TPSA) is 90.6 Å². The van der Waals surface area contributed by atoms with Crippen molar-refractivity contribution in [2.24, 2.45) is 0 Å². The first kappa shape index (κ1) is 14.2. The number of esters is 1. The molecule has 0 saturated carbocycles. The molecule has 1 aromatic rings. The van der Waals surface area contributed by atoms with Gasteiger partial charge in [-0.15, -0.1) is 0 Å². The number of aliphatic hydroxyl groups excluding tert-OH is 2. The first-order valence-corrected chi connectivity index (χ1v) is 5.37. The van der Waals surface area contributed by atoms with Gasteiger partial charge in [0, 0.05) is 0 Å². The van der Waals surface area contributed by atoms with Crippen molar-refractivity contribution >= 4 is 5.97 Å². The molecule has 0 heterocycles. The lowest BCUT2D eigenvalue weighted by atomic mass is 9.93. The number of carbonyl (C=O) groups is 1. The molecule has 96 valence electrons. The van der Waals surface area contributed by atoms with Crippen LogP contribution in [0.4, 0.5) is 0 Å². The molecule has 0 spiro atoms. The van der Waals surface area contributed by atoms with Gasteiger partial charge in [-0.2, -0.15) is 5.26 Å². The van der Waals surface area contributed by atoms with E-state index in [9.17, 15) is 15.0 Å². The maximum Gasteiger partial charge on any atom is 0.337 e. The summed E-state index contributed by atoms with van der Waals surface area (Å²) in [4.78, 5) is 11.2. The number of carbonyl (C=O) groups excluding carboxylic acids is 1. The van der Waals surface area contributed by atoms with Crippen LogP contribution < -0.4 is 0 Å². The molecule has 0 aliphatic rings. The van der Waals surface area contributed by atoms with Crippen LogP contribution >= 0.6 is 0 Å². The minimum absolute atomic E-state index is 0.437. The predicted octanol–water partition coefficient (Wildman–Crippen LogP) is 0.742. The third-order valence-corrected chi connectivity index (χ3v) is 2.76. The maximum atomic E-state index is 11.2. The van der Waals surface area contributed by atoms with E-state index in [1.807, 2.05) is 6.07 Å². The molecule has 0 aliphatic heterocycles. The highest BCUT2D eigenvalue weighted by Gasteiger charge is 2.28. The van der Waals surface area contributed by atoms with Crippen molar-refractivity contribution in [3.8, 4) is 6.07 Å². The molecule has 0 fully saturated rings. The fourth-order valence-corrected chi connectivity index (χ4v) is 1.91. The van der Waals surface area contributed by atoms with Gasteiger partial charge in [0.15, 0.2) is 6.10 Å². The maximum absolute atomic E-state index is 11.2. The van der Waals surface area contributed by atoms with Crippen LogP contribution in [0.3, 0.4) is 0 Å². The monoisotopic (exact) mass is 249 g/mol. The Morgan fingerprint density at radius 3 is 2.22 bits per heavy atom. The molecule has 2 atom stereocenters. The number of methoxy groups -OCH3 is 1. The van der Waals surface area contributed by atoms with E-state index < -0.39 is 18.2 Å². The molecule has 0 aliphatic carbocycles. The Hall–Kier alpha value is -1.90. The highest BCUT2D eigenvalue weighted by molar-refractivity contribution is 5.75. The third kappa shape index (κ3) is 2.67. The molecular weight excluding hydrogens is 234 g/mol. The molecule has 0 saturated heterocycles. The largest absolute Gasteiger partial charge is 0.467 e. The van der Waals surface area contributed by atoms with Crippen LogP contribution in [-0.4, -0.2) is 29.4 Å². The van der Waals surface area contributed by atoms with Crippen molar-refractivity contribution in [3.63, 3.8) is 0 Å². The summed E-state index contributed by atoms with van der Waals surface area (Å²) in [7, 11) is 1.14. The molecule has 5 heteroatoms. The molecule has 5 nitrogen and oxygen atoms in total. The molecule has 1 aromatic carbocycles. The van der Waals surface area contributed by atoms with Crippen molar-refractivity contribution in [3.05, 3.63) is 34.4 Å². The zero-order chi connectivity index (χ0) is 13.9. The Labute approximate surface area is 105 Å². The number of aryl methyl sites for hydroxylation is 2. The lowest BCUT2D eigenvalue weighted by molar-refractivity contribution is -0.156. The first-order chi connectivity index (χ1) is 8.42. The second-order valence-corrected chi connectivity index (χ2v) is 4.05. The highest BCUT2D eigenvalue weighted by Crippen LogP contribution is 2.26. The van der Waals surface area contributed by atoms with Gasteiger partial charge in [0.1, 0.15) is 6.10 Å². The van der Waals surface area contributed by atoms with Crippen LogP contribution in [0.2, 0.25) is 0 Å². The second-order valence-electron chi connectivity index (χ2n) is 4.05. The summed E-state index contributed by atoms with van der Waals surface area (Å²) < 4.78 is 4.38. The van der Waals surface area contributed by atoms with Gasteiger partial charge in [-0.3, -0.25) is 0 Å². The average molecular weight is 249 g/mol. The van der Waals surface area contributed by atoms with Crippen LogP contribution in [0.5, 0.6) is 0 Å². The van der Waals surface area contributed by atoms with Gasteiger partial charge in [-0.1, -0.05) is 0 Å². The smallest absolute Gasteiger partial charge is 0.337 e. The molecule has 2 unspecified atom stereocenters. The molecular formula is C13H15NO4. The van der Waals surface area contributed by atoms with E-state index in [0.29, 0.717) is 22.3 Å². The van der Waals surface area contributed by atoms with Gasteiger partial charge in [0.25, 0.3) is 0 Å². The van der Waals surface area contributed by atoms with Crippen LogP contribution in [0, 0.1) is 25.2 Å². The molecule has 0 radical (unpaired) electrons. The Kier molecular flexibility index (Phi) is 4.43. The number of benzene rings is 1. The number of rotatable bonds is 3. The molecule has 1 rings (SSSR count). The van der Waals surface area contributed by atoms with Crippen LogP contribution in [0.25, 0.3) is 0 Å². The number of aliphatic hydroxyl groups is 2. The Morgan fingerprint density at radius 1 is 1.33 bits per heavy atom. The Bertz CT molecular complexity index is 481. The molecule has 2 N–H and O–H groups in total. The average Bonchev–Trinajstić information content (AvgIpc) is 2.35. The van der Waals surface area contributed by atoms with Gasteiger partial charge in [-0.25, -0.2) is 4.79 Å². The van der Waals surface area contributed by atoms with Gasteiger partial charge in [0.2, 0.25) is 0 Å². The van der Waals surface area contributed by atoms with Gasteiger partial charge in [0.05, 0.1) is 18.7 Å². The van der Waals surface area contributed by atoms with E-state index in [0.717, 1.165) is 7.11 Å². The zero-order valence-electron chi connectivity index (χ0n) is 10.5. The number of hydrogen-bond acceptors (Lipinski definition) is 5. The first-order valence-electron chi connectivity index (χ1n) is 5.37. The standard InChI is InChI=1S/C13H15NO4/c1-7-4-9(6-14)5-8(2)10(7)11(15)12(16)13(17)18-3/h4-5,11-12,15-16H,1-3H3. The van der Waals surface area contributed by atoms with E-state index in [-0.39, 0.29) is 0 Å². The van der Waals surface area contributed by atoms with Crippen molar-refractivity contribution < 1.29 is 19.7 Å². The van der Waals surface area contributed by atoms with Gasteiger partial charge in [-0.05, 0) is 42.7 Å². The summed E-state index contributed by atoms with van der Waals surface area (Å²) in [6.07, 6.45) is -3.01. The summed E-state index contributed by atoms with van der Waals surface area (Å²) in [6.45, 7) is 3.41. The van der Waals surface area contributed by atoms with Crippen molar-refractivity contribution in [1.29, 1.82) is 5.26 Å². The number of hydrogen-bond donors (Lipinski definition) is 2. The van der Waals surface area contributed by atoms with Crippen molar-refractivity contribution in [2.45, 2.75) is 26.1 Å². The van der Waals surface area contributed by atoms with E-state index in [1.54, 1.807) is 26.0 Å². The fourth-order valence-electron chi connectivity index (χ4n) is 1.91. The summed E-state index contributed by atoms with van der Waals surface area (Å²) in [6, 6.07) is 5.19. The van der Waals surface area contributed by atoms with E-state index >= 15 is 0 Å². The highest BCUT2D eigenvalue weighted by atomic mass is 16.5. The number of nitriles is 1. The number of nitrogens with zero attached hydrogens (tertiary/aromatic N) is 1. The molecule has 0 bridgehead atoms. The van der Waals surface area contributed by atoms with Crippen LogP contribution in [-0.2, 0) is 9.53 Å². The fraction of sp³-hybridized carbons (Fsp3) is 0.385.